The molecule has 0 spiro atoms. The van der Waals surface area contributed by atoms with Crippen molar-refractivity contribution >= 4 is 23.8 Å². The average Bonchev–Trinajstić information content (AvgIpc) is 3.03. The number of carbonyl (C=O) groups excluding carboxylic acids is 3. The number of amides is 3. The van der Waals surface area contributed by atoms with Gasteiger partial charge in [0, 0.05) is 31.3 Å². The largest absolute Gasteiger partial charge is 0.493 e. The minimum Gasteiger partial charge on any atom is -0.493 e. The quantitative estimate of drug-likeness (QED) is 0.439. The van der Waals surface area contributed by atoms with E-state index in [1.165, 1.54) is 4.90 Å². The number of nitrogens with zero attached hydrogens (tertiary/aromatic N) is 2. The monoisotopic (exact) mass is 583 g/mol. The van der Waals surface area contributed by atoms with Crippen LogP contribution in [0.25, 0.3) is 6.08 Å². The molecular formula is C34H37N3O6. The first kappa shape index (κ1) is 29.8. The number of hydrogen-bond donors (Lipinski definition) is 1. The Morgan fingerprint density at radius 3 is 2.70 bits per heavy atom. The molecule has 3 aromatic rings. The van der Waals surface area contributed by atoms with Crippen LogP contribution in [0.4, 0.5) is 0 Å². The van der Waals surface area contributed by atoms with Gasteiger partial charge in [-0.05, 0) is 60.4 Å². The lowest BCUT2D eigenvalue weighted by atomic mass is 10.0. The lowest BCUT2D eigenvalue weighted by Crippen LogP contribution is -2.57. The Bertz CT molecular complexity index is 1470. The van der Waals surface area contributed by atoms with E-state index in [-0.39, 0.29) is 36.9 Å². The van der Waals surface area contributed by atoms with Gasteiger partial charge in [0.05, 0.1) is 32.4 Å². The summed E-state index contributed by atoms with van der Waals surface area (Å²) in [6.07, 6.45) is 4.13. The van der Waals surface area contributed by atoms with E-state index < -0.39 is 6.10 Å². The van der Waals surface area contributed by atoms with Crippen molar-refractivity contribution in [3.8, 4) is 17.2 Å². The van der Waals surface area contributed by atoms with Gasteiger partial charge in [0.2, 0.25) is 11.8 Å². The van der Waals surface area contributed by atoms with Gasteiger partial charge in [-0.25, -0.2) is 0 Å². The van der Waals surface area contributed by atoms with E-state index in [0.717, 1.165) is 11.1 Å². The van der Waals surface area contributed by atoms with Crippen LogP contribution in [0.1, 0.15) is 41.3 Å². The van der Waals surface area contributed by atoms with Crippen LogP contribution < -0.4 is 14.8 Å². The van der Waals surface area contributed by atoms with Crippen molar-refractivity contribution in [3.05, 3.63) is 95.6 Å². The summed E-state index contributed by atoms with van der Waals surface area (Å²) in [4.78, 5) is 43.2. The maximum absolute atomic E-state index is 13.6. The first-order chi connectivity index (χ1) is 20.9. The highest BCUT2D eigenvalue weighted by Gasteiger charge is 2.33. The van der Waals surface area contributed by atoms with Crippen LogP contribution in [-0.2, 0) is 20.9 Å². The molecule has 0 saturated carbocycles. The molecule has 1 fully saturated rings. The molecule has 224 valence electrons. The van der Waals surface area contributed by atoms with Crippen LogP contribution in [0, 0.1) is 0 Å². The summed E-state index contributed by atoms with van der Waals surface area (Å²) in [5, 5.41) is 3.10. The second-order valence-corrected chi connectivity index (χ2v) is 10.7. The molecule has 2 aliphatic rings. The minimum atomic E-state index is -0.451. The molecule has 3 amide bonds. The predicted octanol–water partition coefficient (Wildman–Crippen LogP) is 4.67. The lowest BCUT2D eigenvalue weighted by molar-refractivity contribution is -0.133. The molecule has 9 heteroatoms. The maximum atomic E-state index is 13.6. The van der Waals surface area contributed by atoms with E-state index in [4.69, 9.17) is 14.2 Å². The number of hydrogen-bond acceptors (Lipinski definition) is 6. The molecule has 3 aromatic carbocycles. The maximum Gasteiger partial charge on any atom is 0.254 e. The highest BCUT2D eigenvalue weighted by atomic mass is 16.5. The molecule has 2 heterocycles. The molecular weight excluding hydrogens is 546 g/mol. The number of methoxy groups -OCH3 is 1. The Morgan fingerprint density at radius 2 is 1.91 bits per heavy atom. The molecule has 0 aliphatic carbocycles. The molecule has 5 rings (SSSR count). The number of carbonyl (C=O) groups is 3. The van der Waals surface area contributed by atoms with Crippen molar-refractivity contribution in [2.24, 2.45) is 0 Å². The second-order valence-electron chi connectivity index (χ2n) is 10.7. The third kappa shape index (κ3) is 7.61. The number of likely N-dealkylation sites (tertiary alicyclic amines) is 1. The Kier molecular flexibility index (Phi) is 9.73. The summed E-state index contributed by atoms with van der Waals surface area (Å²) in [5.41, 5.74) is 2.20. The van der Waals surface area contributed by atoms with Crippen LogP contribution >= 0.6 is 0 Å². The fraction of sp³-hybridized carbons (Fsp3) is 0.324. The first-order valence-corrected chi connectivity index (χ1v) is 14.6. The zero-order valence-corrected chi connectivity index (χ0v) is 24.5. The van der Waals surface area contributed by atoms with Gasteiger partial charge in [-0.2, -0.15) is 0 Å². The van der Waals surface area contributed by atoms with Crippen LogP contribution in [0.3, 0.4) is 0 Å². The molecule has 1 N–H and O–H groups in total. The van der Waals surface area contributed by atoms with E-state index in [0.29, 0.717) is 55.3 Å². The average molecular weight is 584 g/mol. The Morgan fingerprint density at radius 1 is 1.07 bits per heavy atom. The molecule has 4 bridgehead atoms. The summed E-state index contributed by atoms with van der Waals surface area (Å²) in [7, 11) is 1.54. The second kappa shape index (κ2) is 14.0. The smallest absolute Gasteiger partial charge is 0.254 e. The fourth-order valence-electron chi connectivity index (χ4n) is 5.34. The van der Waals surface area contributed by atoms with E-state index in [2.05, 4.69) is 5.32 Å². The molecule has 1 saturated heterocycles. The van der Waals surface area contributed by atoms with Crippen molar-refractivity contribution in [1.29, 1.82) is 0 Å². The van der Waals surface area contributed by atoms with E-state index in [1.54, 1.807) is 42.4 Å². The molecule has 0 radical (unpaired) electrons. The number of fused-ring (bicyclic) bond motifs is 5. The van der Waals surface area contributed by atoms with Crippen molar-refractivity contribution < 1.29 is 28.6 Å². The number of nitrogens with one attached hydrogen (secondary N) is 1. The van der Waals surface area contributed by atoms with Gasteiger partial charge in [-0.3, -0.25) is 14.4 Å². The zero-order valence-electron chi connectivity index (χ0n) is 24.5. The molecule has 0 unspecified atom stereocenters. The Balaban J connectivity index is 1.41. The summed E-state index contributed by atoms with van der Waals surface area (Å²) in [6, 6.07) is 21.8. The first-order valence-electron chi connectivity index (χ1n) is 14.6. The minimum absolute atomic E-state index is 0.0976. The molecule has 43 heavy (non-hydrogen) atoms. The van der Waals surface area contributed by atoms with Crippen LogP contribution in [0.2, 0.25) is 0 Å². The number of benzene rings is 3. The van der Waals surface area contributed by atoms with Gasteiger partial charge in [0.15, 0.2) is 11.5 Å². The standard InChI is InChI=1S/C34H37N3O6/c1-3-17-37-22-32(38)35-28-16-18-36(33(39)15-12-24-8-5-4-6-9-24)21-31(28)42-23-25-10-7-11-27(19-25)43-30-20-26(34(37)40)13-14-29(30)41-2/h4-15,19-20,28,31H,3,16-18,21-23H2,1-2H3,(H,35,38)/t28-,31-/m0/s1. The third-order valence-electron chi connectivity index (χ3n) is 7.55. The van der Waals surface area contributed by atoms with Gasteiger partial charge in [-0.1, -0.05) is 49.4 Å². The van der Waals surface area contributed by atoms with E-state index >= 15 is 0 Å². The molecule has 2 atom stereocenters. The van der Waals surface area contributed by atoms with Crippen molar-refractivity contribution in [1.82, 2.24) is 15.1 Å². The zero-order chi connectivity index (χ0) is 30.2. The number of ether oxygens (including phenoxy) is 3. The summed E-state index contributed by atoms with van der Waals surface area (Å²) >= 11 is 0. The number of piperidine rings is 1. The van der Waals surface area contributed by atoms with Crippen LogP contribution in [0.5, 0.6) is 17.2 Å². The Labute approximate surface area is 252 Å². The van der Waals surface area contributed by atoms with Crippen molar-refractivity contribution in [3.63, 3.8) is 0 Å². The third-order valence-corrected chi connectivity index (χ3v) is 7.55. The Hall–Kier alpha value is -4.63. The normalized spacial score (nSPS) is 19.4. The van der Waals surface area contributed by atoms with Crippen molar-refractivity contribution in [2.45, 2.75) is 38.5 Å². The van der Waals surface area contributed by atoms with Crippen molar-refractivity contribution in [2.75, 3.05) is 33.3 Å². The van der Waals surface area contributed by atoms with Gasteiger partial charge in [0.1, 0.15) is 5.75 Å². The van der Waals surface area contributed by atoms with E-state index in [1.807, 2.05) is 61.5 Å². The topological polar surface area (TPSA) is 97.4 Å². The SMILES string of the molecule is CCCN1CC(=O)N[C@H]2CCN(C(=O)C=Cc3ccccc3)C[C@@H]2OCc2cccc(c2)Oc2cc(ccc2OC)C1=O. The van der Waals surface area contributed by atoms with Gasteiger partial charge in [-0.15, -0.1) is 0 Å². The molecule has 2 aliphatic heterocycles. The van der Waals surface area contributed by atoms with Crippen LogP contribution in [0.15, 0.2) is 78.9 Å². The van der Waals surface area contributed by atoms with Crippen LogP contribution in [-0.4, -0.2) is 73.0 Å². The molecule has 9 nitrogen and oxygen atoms in total. The van der Waals surface area contributed by atoms with Gasteiger partial charge >= 0.3 is 0 Å². The summed E-state index contributed by atoms with van der Waals surface area (Å²) in [5.74, 6) is 0.777. The predicted molar refractivity (Wildman–Crippen MR) is 163 cm³/mol. The summed E-state index contributed by atoms with van der Waals surface area (Å²) < 4.78 is 18.0. The number of rotatable bonds is 5. The van der Waals surface area contributed by atoms with E-state index in [9.17, 15) is 14.4 Å². The summed E-state index contributed by atoms with van der Waals surface area (Å²) in [6.45, 7) is 3.32. The fourth-order valence-corrected chi connectivity index (χ4v) is 5.34. The van der Waals surface area contributed by atoms with Gasteiger partial charge in [0.25, 0.3) is 5.91 Å². The molecule has 0 aromatic heterocycles. The lowest BCUT2D eigenvalue weighted by Gasteiger charge is -2.38. The highest BCUT2D eigenvalue weighted by Crippen LogP contribution is 2.33. The van der Waals surface area contributed by atoms with Gasteiger partial charge < -0.3 is 29.3 Å². The highest BCUT2D eigenvalue weighted by molar-refractivity contribution is 5.97.